The lowest BCUT2D eigenvalue weighted by Gasteiger charge is -2.36. The Hall–Kier alpha value is -2.59. The Balaban J connectivity index is 1.84. The number of benzene rings is 2. The predicted molar refractivity (Wildman–Crippen MR) is 118 cm³/mol. The van der Waals surface area contributed by atoms with E-state index in [1.165, 1.54) is 18.2 Å². The Labute approximate surface area is 185 Å². The summed E-state index contributed by atoms with van der Waals surface area (Å²) in [6.07, 6.45) is -4.59. The average molecular weight is 470 g/mol. The molecular weight excluding hydrogens is 443 g/mol. The molecule has 3 rings (SSSR count). The van der Waals surface area contributed by atoms with Gasteiger partial charge in [0.25, 0.3) is 0 Å². The van der Waals surface area contributed by atoms with Crippen LogP contribution in [-0.4, -0.2) is 57.7 Å². The maximum absolute atomic E-state index is 13.3. The quantitative estimate of drug-likeness (QED) is 0.701. The van der Waals surface area contributed by atoms with Gasteiger partial charge in [0.05, 0.1) is 21.8 Å². The van der Waals surface area contributed by atoms with E-state index in [1.807, 2.05) is 11.8 Å². The van der Waals surface area contributed by atoms with Crippen LogP contribution in [0.25, 0.3) is 0 Å². The Morgan fingerprint density at radius 3 is 2.22 bits per heavy atom. The fourth-order valence-electron chi connectivity index (χ4n) is 3.58. The number of hydrogen-bond acceptors (Lipinski definition) is 5. The van der Waals surface area contributed by atoms with E-state index in [0.717, 1.165) is 37.3 Å². The van der Waals surface area contributed by atoms with Crippen LogP contribution in [0.3, 0.4) is 0 Å². The molecule has 0 unspecified atom stereocenters. The minimum absolute atomic E-state index is 0.0156. The molecule has 0 bridgehead atoms. The van der Waals surface area contributed by atoms with Crippen molar-refractivity contribution in [1.29, 1.82) is 0 Å². The lowest BCUT2D eigenvalue weighted by molar-refractivity contribution is -0.137. The molecule has 1 fully saturated rings. The lowest BCUT2D eigenvalue weighted by atomic mass is 10.1. The number of nitrogens with one attached hydrogen (secondary N) is 1. The highest BCUT2D eigenvalue weighted by Crippen LogP contribution is 2.36. The molecule has 0 radical (unpaired) electrons. The van der Waals surface area contributed by atoms with Crippen LogP contribution in [0, 0.1) is 6.92 Å². The van der Waals surface area contributed by atoms with Crippen molar-refractivity contribution in [2.24, 2.45) is 0 Å². The molecule has 0 aliphatic carbocycles. The van der Waals surface area contributed by atoms with E-state index in [2.05, 4.69) is 10.2 Å². The number of anilines is 2. The number of nitrogens with zero attached hydrogens (tertiary/aromatic N) is 2. The largest absolute Gasteiger partial charge is 0.416 e. The van der Waals surface area contributed by atoms with Crippen molar-refractivity contribution >= 4 is 27.1 Å². The van der Waals surface area contributed by atoms with Gasteiger partial charge in [0.15, 0.2) is 9.84 Å². The lowest BCUT2D eigenvalue weighted by Crippen LogP contribution is -2.46. The van der Waals surface area contributed by atoms with Gasteiger partial charge in [-0.25, -0.2) is 8.42 Å². The van der Waals surface area contributed by atoms with Gasteiger partial charge < -0.3 is 15.1 Å². The molecule has 0 saturated carbocycles. The number of hydrogen-bond donors (Lipinski definition) is 1. The van der Waals surface area contributed by atoms with E-state index in [9.17, 15) is 26.4 Å². The maximum Gasteiger partial charge on any atom is 0.416 e. The smallest absolute Gasteiger partial charge is 0.367 e. The first-order valence-electron chi connectivity index (χ1n) is 10.3. The number of piperazine rings is 1. The summed E-state index contributed by atoms with van der Waals surface area (Å²) in [4.78, 5) is 16.7. The fraction of sp³-hybridized carbons (Fsp3) is 0.409. The van der Waals surface area contributed by atoms with Gasteiger partial charge in [-0.1, -0.05) is 24.6 Å². The normalized spacial score (nSPS) is 15.6. The minimum atomic E-state index is -4.59. The van der Waals surface area contributed by atoms with Gasteiger partial charge in [0.1, 0.15) is 5.75 Å². The summed E-state index contributed by atoms with van der Waals surface area (Å²) < 4.78 is 65.0. The Morgan fingerprint density at radius 2 is 1.66 bits per heavy atom. The van der Waals surface area contributed by atoms with Crippen molar-refractivity contribution in [2.75, 3.05) is 48.7 Å². The summed E-state index contributed by atoms with van der Waals surface area (Å²) in [5, 5.41) is 2.41. The van der Waals surface area contributed by atoms with Gasteiger partial charge in [0, 0.05) is 26.2 Å². The Kier molecular flexibility index (Phi) is 7.14. The number of amides is 1. The molecule has 32 heavy (non-hydrogen) atoms. The van der Waals surface area contributed by atoms with Crippen molar-refractivity contribution in [3.8, 4) is 0 Å². The van der Waals surface area contributed by atoms with Gasteiger partial charge in [-0.15, -0.1) is 0 Å². The average Bonchev–Trinajstić information content (AvgIpc) is 2.73. The first-order valence-corrected chi connectivity index (χ1v) is 11.9. The van der Waals surface area contributed by atoms with Crippen LogP contribution in [-0.2, 0) is 20.8 Å². The summed E-state index contributed by atoms with van der Waals surface area (Å²) in [5.74, 6) is -1.76. The number of likely N-dealkylation sites (N-methyl/N-ethyl adjacent to an activating group) is 1. The summed E-state index contributed by atoms with van der Waals surface area (Å²) in [7, 11) is -3.94. The second kappa shape index (κ2) is 9.50. The second-order valence-electron chi connectivity index (χ2n) is 7.77. The third-order valence-corrected chi connectivity index (χ3v) is 7.09. The summed E-state index contributed by atoms with van der Waals surface area (Å²) in [5.41, 5.74) is 0.346. The highest BCUT2D eigenvalue weighted by molar-refractivity contribution is 7.92. The van der Waals surface area contributed by atoms with E-state index in [-0.39, 0.29) is 10.6 Å². The molecule has 2 aromatic carbocycles. The number of aryl methyl sites for hydroxylation is 1. The monoisotopic (exact) mass is 469 g/mol. The molecule has 1 N–H and O–H groups in total. The summed E-state index contributed by atoms with van der Waals surface area (Å²) >= 11 is 0. The summed E-state index contributed by atoms with van der Waals surface area (Å²) in [6, 6.07) is 9.20. The van der Waals surface area contributed by atoms with Gasteiger partial charge in [-0.05, 0) is 43.8 Å². The molecule has 2 aromatic rings. The number of sulfone groups is 1. The molecule has 1 aliphatic heterocycles. The topological polar surface area (TPSA) is 69.7 Å². The zero-order valence-corrected chi connectivity index (χ0v) is 18.8. The van der Waals surface area contributed by atoms with E-state index in [0.29, 0.717) is 18.8 Å². The molecule has 0 aromatic heterocycles. The third-order valence-electron chi connectivity index (χ3n) is 5.46. The number of rotatable bonds is 6. The van der Waals surface area contributed by atoms with Crippen molar-refractivity contribution in [2.45, 2.75) is 24.9 Å². The zero-order valence-electron chi connectivity index (χ0n) is 17.9. The van der Waals surface area contributed by atoms with Gasteiger partial charge in [-0.2, -0.15) is 13.2 Å². The van der Waals surface area contributed by atoms with Gasteiger partial charge in [-0.3, -0.25) is 4.79 Å². The fourth-order valence-corrected chi connectivity index (χ4v) is 4.72. The molecule has 1 heterocycles. The molecule has 1 aliphatic rings. The first-order chi connectivity index (χ1) is 15.0. The van der Waals surface area contributed by atoms with E-state index >= 15 is 0 Å². The van der Waals surface area contributed by atoms with Crippen LogP contribution in [0.1, 0.15) is 18.1 Å². The van der Waals surface area contributed by atoms with Crippen LogP contribution in [0.15, 0.2) is 47.4 Å². The second-order valence-corrected chi connectivity index (χ2v) is 9.76. The standard InChI is InChI=1S/C22H26F3N3O3S/c1-3-27-10-12-28(13-11-27)20-9-6-17(22(23,24)25)14-19(20)26-21(29)15-32(30,31)18-7-4-16(2)5-8-18/h4-9,14H,3,10-13,15H2,1-2H3,(H,26,29). The third kappa shape index (κ3) is 5.80. The van der Waals surface area contributed by atoms with Gasteiger partial charge in [0.2, 0.25) is 5.91 Å². The molecule has 1 amide bonds. The molecule has 6 nitrogen and oxygen atoms in total. The number of halogens is 3. The van der Waals surface area contributed by atoms with E-state index in [1.54, 1.807) is 19.1 Å². The zero-order chi connectivity index (χ0) is 23.5. The number of carbonyl (C=O) groups is 1. The molecule has 0 spiro atoms. The molecule has 174 valence electrons. The minimum Gasteiger partial charge on any atom is -0.367 e. The number of carbonyl (C=O) groups excluding carboxylic acids is 1. The number of alkyl halides is 3. The van der Waals surface area contributed by atoms with Gasteiger partial charge >= 0.3 is 6.18 Å². The van der Waals surface area contributed by atoms with Crippen LogP contribution in [0.4, 0.5) is 24.5 Å². The maximum atomic E-state index is 13.3. The molecule has 10 heteroatoms. The SMILES string of the molecule is CCN1CCN(c2ccc(C(F)(F)F)cc2NC(=O)CS(=O)(=O)c2ccc(C)cc2)CC1. The Bertz CT molecular complexity index is 1060. The van der Waals surface area contributed by atoms with Crippen LogP contribution < -0.4 is 10.2 Å². The molecule has 1 saturated heterocycles. The highest BCUT2D eigenvalue weighted by atomic mass is 32.2. The highest BCUT2D eigenvalue weighted by Gasteiger charge is 2.32. The van der Waals surface area contributed by atoms with Crippen molar-refractivity contribution in [1.82, 2.24) is 4.90 Å². The Morgan fingerprint density at radius 1 is 1.03 bits per heavy atom. The van der Waals surface area contributed by atoms with Crippen molar-refractivity contribution in [3.05, 3.63) is 53.6 Å². The first kappa shape index (κ1) is 24.1. The van der Waals surface area contributed by atoms with Crippen LogP contribution in [0.2, 0.25) is 0 Å². The van der Waals surface area contributed by atoms with Crippen molar-refractivity contribution < 1.29 is 26.4 Å². The van der Waals surface area contributed by atoms with Crippen molar-refractivity contribution in [3.63, 3.8) is 0 Å². The van der Waals surface area contributed by atoms with E-state index in [4.69, 9.17) is 0 Å². The molecular formula is C22H26F3N3O3S. The van der Waals surface area contributed by atoms with Crippen LogP contribution >= 0.6 is 0 Å². The van der Waals surface area contributed by atoms with Crippen LogP contribution in [0.5, 0.6) is 0 Å². The predicted octanol–water partition coefficient (Wildman–Crippen LogP) is 3.57. The van der Waals surface area contributed by atoms with E-state index < -0.39 is 33.2 Å². The molecule has 0 atom stereocenters. The summed E-state index contributed by atoms with van der Waals surface area (Å²) in [6.45, 7) is 7.38.